The van der Waals surface area contributed by atoms with E-state index < -0.39 is 0 Å². The number of hydrogen-bond acceptors (Lipinski definition) is 5. The van der Waals surface area contributed by atoms with Gasteiger partial charge in [-0.1, -0.05) is 5.16 Å². The van der Waals surface area contributed by atoms with Gasteiger partial charge in [-0.2, -0.15) is 5.26 Å². The van der Waals surface area contributed by atoms with Gasteiger partial charge in [0.05, 0.1) is 25.9 Å². The van der Waals surface area contributed by atoms with Gasteiger partial charge in [-0.25, -0.2) is 4.39 Å². The average molecular weight is 350 g/mol. The van der Waals surface area contributed by atoms with Crippen LogP contribution in [-0.2, 0) is 0 Å². The van der Waals surface area contributed by atoms with Crippen molar-refractivity contribution in [2.24, 2.45) is 0 Å². The number of ether oxygens (including phenoxy) is 2. The fraction of sp³-hybridized carbons (Fsp3) is 0.100. The third-order valence-corrected chi connectivity index (χ3v) is 3.76. The van der Waals surface area contributed by atoms with Gasteiger partial charge in [-0.05, 0) is 54.1 Å². The van der Waals surface area contributed by atoms with Gasteiger partial charge in [0.15, 0.2) is 17.3 Å². The van der Waals surface area contributed by atoms with E-state index in [4.69, 9.17) is 14.0 Å². The molecule has 0 N–H and O–H groups in total. The molecule has 3 rings (SSSR count). The zero-order valence-electron chi connectivity index (χ0n) is 14.2. The summed E-state index contributed by atoms with van der Waals surface area (Å²) in [6.07, 6.45) is 1.61. The highest BCUT2D eigenvalue weighted by atomic mass is 19.1. The lowest BCUT2D eigenvalue weighted by Crippen LogP contribution is -1.92. The van der Waals surface area contributed by atoms with Crippen LogP contribution in [0.25, 0.3) is 23.0 Å². The predicted molar refractivity (Wildman–Crippen MR) is 94.9 cm³/mol. The summed E-state index contributed by atoms with van der Waals surface area (Å²) in [6, 6.07) is 14.9. The fourth-order valence-electron chi connectivity index (χ4n) is 2.44. The molecule has 5 nitrogen and oxygen atoms in total. The van der Waals surface area contributed by atoms with Gasteiger partial charge in [0, 0.05) is 11.6 Å². The molecule has 6 heteroatoms. The van der Waals surface area contributed by atoms with E-state index in [1.807, 2.05) is 0 Å². The molecule has 0 unspecified atom stereocenters. The molecule has 26 heavy (non-hydrogen) atoms. The van der Waals surface area contributed by atoms with E-state index in [0.29, 0.717) is 39.7 Å². The molecule has 0 atom stereocenters. The first-order chi connectivity index (χ1) is 12.6. The molecule has 0 aliphatic rings. The van der Waals surface area contributed by atoms with Crippen molar-refractivity contribution in [1.82, 2.24) is 5.16 Å². The molecule has 130 valence electrons. The van der Waals surface area contributed by atoms with Crippen molar-refractivity contribution in [3.8, 4) is 28.9 Å². The standard InChI is InChI=1S/C20H15FN2O3/c1-24-18-8-5-14(10-20(18)25-2)15(12-22)9-17-11-19(26-23-17)13-3-6-16(21)7-4-13/h3-11H,1-2H3/b15-9+. The second kappa shape index (κ2) is 7.53. The summed E-state index contributed by atoms with van der Waals surface area (Å²) < 4.78 is 28.8. The Kier molecular flexibility index (Phi) is 4.99. The lowest BCUT2D eigenvalue weighted by Gasteiger charge is -2.08. The second-order valence-electron chi connectivity index (χ2n) is 5.36. The molecule has 1 aromatic heterocycles. The Balaban J connectivity index is 1.93. The highest BCUT2D eigenvalue weighted by Crippen LogP contribution is 2.31. The quantitative estimate of drug-likeness (QED) is 0.631. The average Bonchev–Trinajstić information content (AvgIpc) is 3.14. The minimum absolute atomic E-state index is 0.325. The molecule has 0 aliphatic heterocycles. The van der Waals surface area contributed by atoms with Crippen LogP contribution in [-0.4, -0.2) is 19.4 Å². The molecule has 1 heterocycles. The molecule has 0 fully saturated rings. The molecule has 3 aromatic rings. The zero-order valence-corrected chi connectivity index (χ0v) is 14.2. The Bertz CT molecular complexity index is 985. The molecule has 0 amide bonds. The van der Waals surface area contributed by atoms with Crippen LogP contribution in [0.3, 0.4) is 0 Å². The third-order valence-electron chi connectivity index (χ3n) is 3.76. The van der Waals surface area contributed by atoms with E-state index in [1.54, 1.807) is 49.6 Å². The van der Waals surface area contributed by atoms with Crippen LogP contribution in [0.4, 0.5) is 4.39 Å². The Hall–Kier alpha value is -3.59. The monoisotopic (exact) mass is 350 g/mol. The second-order valence-corrected chi connectivity index (χ2v) is 5.36. The van der Waals surface area contributed by atoms with Gasteiger partial charge in [0.2, 0.25) is 0 Å². The van der Waals surface area contributed by atoms with E-state index in [2.05, 4.69) is 11.2 Å². The Morgan fingerprint density at radius 2 is 1.81 bits per heavy atom. The molecule has 0 spiro atoms. The van der Waals surface area contributed by atoms with Crippen molar-refractivity contribution in [3.05, 3.63) is 65.6 Å². The number of allylic oxidation sites excluding steroid dienone is 1. The first kappa shape index (κ1) is 17.2. The van der Waals surface area contributed by atoms with E-state index in [-0.39, 0.29) is 5.82 Å². The minimum Gasteiger partial charge on any atom is -0.493 e. The van der Waals surface area contributed by atoms with Crippen LogP contribution in [0.2, 0.25) is 0 Å². The van der Waals surface area contributed by atoms with Crippen molar-refractivity contribution in [3.63, 3.8) is 0 Å². The van der Waals surface area contributed by atoms with Crippen molar-refractivity contribution in [1.29, 1.82) is 5.26 Å². The van der Waals surface area contributed by atoms with Crippen LogP contribution in [0.15, 0.2) is 53.1 Å². The van der Waals surface area contributed by atoms with Crippen LogP contribution in [0.5, 0.6) is 11.5 Å². The maximum absolute atomic E-state index is 13.0. The largest absolute Gasteiger partial charge is 0.493 e. The van der Waals surface area contributed by atoms with Gasteiger partial charge in [-0.15, -0.1) is 0 Å². The Morgan fingerprint density at radius 1 is 1.08 bits per heavy atom. The number of hydrogen-bond donors (Lipinski definition) is 0. The zero-order chi connectivity index (χ0) is 18.5. The molecule has 0 bridgehead atoms. The van der Waals surface area contributed by atoms with Crippen LogP contribution >= 0.6 is 0 Å². The predicted octanol–water partition coefficient (Wildman–Crippen LogP) is 4.56. The van der Waals surface area contributed by atoms with Crippen LogP contribution in [0.1, 0.15) is 11.3 Å². The number of methoxy groups -OCH3 is 2. The van der Waals surface area contributed by atoms with Gasteiger partial charge >= 0.3 is 0 Å². The summed E-state index contributed by atoms with van der Waals surface area (Å²) >= 11 is 0. The summed E-state index contributed by atoms with van der Waals surface area (Å²) in [5, 5.41) is 13.4. The topological polar surface area (TPSA) is 68.3 Å². The molecule has 0 radical (unpaired) electrons. The Labute approximate surface area is 149 Å². The molecule has 0 saturated heterocycles. The summed E-state index contributed by atoms with van der Waals surface area (Å²) in [6.45, 7) is 0. The van der Waals surface area contributed by atoms with Gasteiger partial charge in [0.1, 0.15) is 11.5 Å². The van der Waals surface area contributed by atoms with Crippen molar-refractivity contribution < 1.29 is 18.4 Å². The third kappa shape index (κ3) is 3.57. The van der Waals surface area contributed by atoms with Gasteiger partial charge < -0.3 is 14.0 Å². The van der Waals surface area contributed by atoms with Crippen molar-refractivity contribution in [2.45, 2.75) is 0 Å². The van der Waals surface area contributed by atoms with E-state index >= 15 is 0 Å². The summed E-state index contributed by atoms with van der Waals surface area (Å²) in [4.78, 5) is 0. The minimum atomic E-state index is -0.325. The van der Waals surface area contributed by atoms with E-state index in [1.165, 1.54) is 19.2 Å². The normalized spacial score (nSPS) is 11.1. The lowest BCUT2D eigenvalue weighted by atomic mass is 10.0. The van der Waals surface area contributed by atoms with Crippen molar-refractivity contribution >= 4 is 11.6 Å². The van der Waals surface area contributed by atoms with Gasteiger partial charge in [-0.3, -0.25) is 0 Å². The highest BCUT2D eigenvalue weighted by Gasteiger charge is 2.10. The number of nitrogens with zero attached hydrogens (tertiary/aromatic N) is 2. The lowest BCUT2D eigenvalue weighted by molar-refractivity contribution is 0.355. The molecule has 0 aliphatic carbocycles. The molecular weight excluding hydrogens is 335 g/mol. The molecule has 0 saturated carbocycles. The first-order valence-corrected chi connectivity index (χ1v) is 7.71. The maximum atomic E-state index is 13.0. The van der Waals surface area contributed by atoms with Crippen LogP contribution in [0, 0.1) is 17.1 Å². The molecular formula is C20H15FN2O3. The summed E-state index contributed by atoms with van der Waals surface area (Å²) in [7, 11) is 3.08. The van der Waals surface area contributed by atoms with Crippen LogP contribution < -0.4 is 9.47 Å². The smallest absolute Gasteiger partial charge is 0.167 e. The number of benzene rings is 2. The van der Waals surface area contributed by atoms with E-state index in [9.17, 15) is 9.65 Å². The number of halogens is 1. The molecule has 2 aromatic carbocycles. The summed E-state index contributed by atoms with van der Waals surface area (Å²) in [5.41, 5.74) is 2.24. The number of aromatic nitrogens is 1. The summed E-state index contributed by atoms with van der Waals surface area (Å²) in [5.74, 6) is 1.27. The Morgan fingerprint density at radius 3 is 2.46 bits per heavy atom. The number of rotatable bonds is 5. The number of nitriles is 1. The SMILES string of the molecule is COc1ccc(/C(C#N)=C/c2cc(-c3ccc(F)cc3)on2)cc1OC. The highest BCUT2D eigenvalue weighted by molar-refractivity contribution is 5.89. The fourth-order valence-corrected chi connectivity index (χ4v) is 2.44. The van der Waals surface area contributed by atoms with Gasteiger partial charge in [0.25, 0.3) is 0 Å². The van der Waals surface area contributed by atoms with E-state index in [0.717, 1.165) is 0 Å². The maximum Gasteiger partial charge on any atom is 0.167 e. The first-order valence-electron chi connectivity index (χ1n) is 7.71. The van der Waals surface area contributed by atoms with Crippen molar-refractivity contribution in [2.75, 3.05) is 14.2 Å².